The molecule has 0 aliphatic rings. The summed E-state index contributed by atoms with van der Waals surface area (Å²) in [4.78, 5) is 11.7. The largest absolute Gasteiger partial charge is 0.405 e. The first-order valence-electron chi connectivity index (χ1n) is 6.20. The Morgan fingerprint density at radius 3 is 2.24 bits per heavy atom. The van der Waals surface area contributed by atoms with Gasteiger partial charge in [-0.25, -0.2) is 0 Å². The summed E-state index contributed by atoms with van der Waals surface area (Å²) in [5, 5.41) is 1.63. The van der Waals surface area contributed by atoms with Crippen molar-refractivity contribution < 1.29 is 18.0 Å². The minimum atomic E-state index is -4.37. The van der Waals surface area contributed by atoms with Gasteiger partial charge in [0.15, 0.2) is 5.11 Å². The molecule has 3 N–H and O–H groups in total. The van der Waals surface area contributed by atoms with Crippen molar-refractivity contribution >= 4 is 23.2 Å². The molecule has 0 heterocycles. The number of nitrogens with one attached hydrogen (secondary N) is 3. The van der Waals surface area contributed by atoms with Crippen molar-refractivity contribution in [2.24, 2.45) is 0 Å². The van der Waals surface area contributed by atoms with E-state index in [0.717, 1.165) is 5.56 Å². The first kappa shape index (κ1) is 17.2. The molecule has 21 heavy (non-hydrogen) atoms. The fourth-order valence-corrected chi connectivity index (χ4v) is 1.55. The molecule has 1 aromatic rings. The minimum absolute atomic E-state index is 0.306. The van der Waals surface area contributed by atoms with Crippen LogP contribution in [0.15, 0.2) is 24.3 Å². The maximum atomic E-state index is 11.9. The van der Waals surface area contributed by atoms with E-state index in [1.54, 1.807) is 12.1 Å². The number of hydrazine groups is 1. The lowest BCUT2D eigenvalue weighted by molar-refractivity contribution is -0.122. The van der Waals surface area contributed by atoms with E-state index in [4.69, 9.17) is 0 Å². The molecule has 116 valence electrons. The number of hydrogen-bond donors (Lipinski definition) is 3. The van der Waals surface area contributed by atoms with Crippen LogP contribution in [0.3, 0.4) is 0 Å². The van der Waals surface area contributed by atoms with Gasteiger partial charge in [-0.3, -0.25) is 15.6 Å². The van der Waals surface area contributed by atoms with Crippen LogP contribution in [-0.4, -0.2) is 23.7 Å². The van der Waals surface area contributed by atoms with Crippen molar-refractivity contribution in [1.29, 1.82) is 0 Å². The van der Waals surface area contributed by atoms with Crippen molar-refractivity contribution in [2.75, 3.05) is 6.54 Å². The summed E-state index contributed by atoms with van der Waals surface area (Å²) < 4.78 is 35.8. The summed E-state index contributed by atoms with van der Waals surface area (Å²) in [6.45, 7) is 2.79. The number of hydrogen-bond acceptors (Lipinski definition) is 2. The SMILES string of the molecule is CC(C)c1ccc(C(=O)NNC(=S)NCC(F)(F)F)cc1. The lowest BCUT2D eigenvalue weighted by Gasteiger charge is -2.13. The number of benzene rings is 1. The van der Waals surface area contributed by atoms with Gasteiger partial charge >= 0.3 is 6.18 Å². The summed E-state index contributed by atoms with van der Waals surface area (Å²) >= 11 is 4.61. The molecule has 0 spiro atoms. The van der Waals surface area contributed by atoms with Gasteiger partial charge in [0.1, 0.15) is 6.54 Å². The number of alkyl halides is 3. The topological polar surface area (TPSA) is 53.2 Å². The van der Waals surface area contributed by atoms with Gasteiger partial charge in [-0.15, -0.1) is 0 Å². The van der Waals surface area contributed by atoms with Crippen LogP contribution in [0.4, 0.5) is 13.2 Å². The van der Waals surface area contributed by atoms with E-state index in [9.17, 15) is 18.0 Å². The highest BCUT2D eigenvalue weighted by molar-refractivity contribution is 7.80. The molecular formula is C13H16F3N3OS. The summed E-state index contributed by atoms with van der Waals surface area (Å²) in [6.07, 6.45) is -4.37. The van der Waals surface area contributed by atoms with Crippen molar-refractivity contribution in [3.63, 3.8) is 0 Å². The molecule has 0 radical (unpaired) electrons. The zero-order chi connectivity index (χ0) is 16.0. The molecule has 1 aromatic carbocycles. The number of rotatable bonds is 3. The van der Waals surface area contributed by atoms with Crippen LogP contribution in [0, 0.1) is 0 Å². The van der Waals surface area contributed by atoms with Crippen LogP contribution in [-0.2, 0) is 0 Å². The van der Waals surface area contributed by atoms with E-state index < -0.39 is 18.6 Å². The first-order chi connectivity index (χ1) is 9.69. The van der Waals surface area contributed by atoms with E-state index in [-0.39, 0.29) is 5.11 Å². The average Bonchev–Trinajstić information content (AvgIpc) is 2.41. The average molecular weight is 319 g/mol. The Morgan fingerprint density at radius 2 is 1.76 bits per heavy atom. The van der Waals surface area contributed by atoms with Crippen LogP contribution >= 0.6 is 12.2 Å². The van der Waals surface area contributed by atoms with Gasteiger partial charge in [-0.1, -0.05) is 26.0 Å². The van der Waals surface area contributed by atoms with Gasteiger partial charge in [-0.2, -0.15) is 13.2 Å². The molecule has 1 amide bonds. The van der Waals surface area contributed by atoms with Crippen LogP contribution in [0.5, 0.6) is 0 Å². The third-order valence-electron chi connectivity index (χ3n) is 2.58. The van der Waals surface area contributed by atoms with Crippen molar-refractivity contribution in [3.05, 3.63) is 35.4 Å². The molecule has 0 fully saturated rings. The second-order valence-corrected chi connectivity index (χ2v) is 5.06. The molecule has 0 saturated heterocycles. The van der Waals surface area contributed by atoms with Gasteiger partial charge in [0.05, 0.1) is 0 Å². The van der Waals surface area contributed by atoms with Crippen LogP contribution in [0.1, 0.15) is 35.7 Å². The summed E-state index contributed by atoms with van der Waals surface area (Å²) in [5.41, 5.74) is 5.90. The maximum absolute atomic E-state index is 11.9. The second-order valence-electron chi connectivity index (χ2n) is 4.65. The van der Waals surface area contributed by atoms with Gasteiger partial charge in [0, 0.05) is 5.56 Å². The van der Waals surface area contributed by atoms with E-state index in [1.165, 1.54) is 0 Å². The predicted octanol–water partition coefficient (Wildman–Crippen LogP) is 2.48. The second kappa shape index (κ2) is 7.26. The molecule has 0 bridgehead atoms. The molecule has 0 atom stereocenters. The molecule has 4 nitrogen and oxygen atoms in total. The summed E-state index contributed by atoms with van der Waals surface area (Å²) in [7, 11) is 0. The first-order valence-corrected chi connectivity index (χ1v) is 6.61. The molecule has 1 rings (SSSR count). The Bertz CT molecular complexity index is 500. The number of thiocarbonyl (C=S) groups is 1. The number of amides is 1. The van der Waals surface area contributed by atoms with E-state index in [1.807, 2.05) is 31.3 Å². The van der Waals surface area contributed by atoms with Gasteiger partial charge in [0.2, 0.25) is 0 Å². The molecule has 0 aliphatic carbocycles. The quantitative estimate of drug-likeness (QED) is 0.592. The lowest BCUT2D eigenvalue weighted by Crippen LogP contribution is -2.48. The molecule has 0 aliphatic heterocycles. The molecule has 0 aromatic heterocycles. The molecule has 0 saturated carbocycles. The van der Waals surface area contributed by atoms with Gasteiger partial charge in [0.25, 0.3) is 5.91 Å². The number of carbonyl (C=O) groups is 1. The Balaban J connectivity index is 2.45. The van der Waals surface area contributed by atoms with Gasteiger partial charge < -0.3 is 5.32 Å². The number of carbonyl (C=O) groups excluding carboxylic acids is 1. The Morgan fingerprint density at radius 1 is 1.19 bits per heavy atom. The smallest absolute Gasteiger partial charge is 0.352 e. The van der Waals surface area contributed by atoms with Crippen molar-refractivity contribution in [3.8, 4) is 0 Å². The lowest BCUT2D eigenvalue weighted by atomic mass is 10.0. The van der Waals surface area contributed by atoms with Gasteiger partial charge in [-0.05, 0) is 35.8 Å². The van der Waals surface area contributed by atoms with E-state index >= 15 is 0 Å². The fourth-order valence-electron chi connectivity index (χ4n) is 1.43. The molecular weight excluding hydrogens is 303 g/mol. The molecule has 0 unspecified atom stereocenters. The zero-order valence-corrected chi connectivity index (χ0v) is 12.4. The van der Waals surface area contributed by atoms with Crippen molar-refractivity contribution in [2.45, 2.75) is 25.9 Å². The normalized spacial score (nSPS) is 11.1. The number of halogens is 3. The Labute approximate surface area is 126 Å². The predicted molar refractivity (Wildman–Crippen MR) is 77.8 cm³/mol. The highest BCUT2D eigenvalue weighted by Crippen LogP contribution is 2.14. The van der Waals surface area contributed by atoms with Crippen LogP contribution in [0.2, 0.25) is 0 Å². The highest BCUT2D eigenvalue weighted by atomic mass is 32.1. The van der Waals surface area contributed by atoms with E-state index in [0.29, 0.717) is 11.5 Å². The van der Waals surface area contributed by atoms with E-state index in [2.05, 4.69) is 23.1 Å². The third-order valence-corrected chi connectivity index (χ3v) is 2.82. The third kappa shape index (κ3) is 6.44. The highest BCUT2D eigenvalue weighted by Gasteiger charge is 2.27. The summed E-state index contributed by atoms with van der Waals surface area (Å²) in [6, 6.07) is 6.91. The minimum Gasteiger partial charge on any atom is -0.352 e. The maximum Gasteiger partial charge on any atom is 0.405 e. The Hall–Kier alpha value is -1.83. The fraction of sp³-hybridized carbons (Fsp3) is 0.385. The molecule has 8 heteroatoms. The monoisotopic (exact) mass is 319 g/mol. The Kier molecular flexibility index (Phi) is 5.95. The zero-order valence-electron chi connectivity index (χ0n) is 11.5. The summed E-state index contributed by atoms with van der Waals surface area (Å²) in [5.74, 6) is -0.138. The van der Waals surface area contributed by atoms with Crippen LogP contribution < -0.4 is 16.2 Å². The van der Waals surface area contributed by atoms with Crippen LogP contribution in [0.25, 0.3) is 0 Å². The van der Waals surface area contributed by atoms with Crippen molar-refractivity contribution in [1.82, 2.24) is 16.2 Å². The standard InChI is InChI=1S/C13H16F3N3OS/c1-8(2)9-3-5-10(6-4-9)11(20)18-19-12(21)17-7-13(14,15)16/h3-6,8H,7H2,1-2H3,(H,18,20)(H2,17,19,21).